The molecule has 1 unspecified atom stereocenters. The quantitative estimate of drug-likeness (QED) is 0.0392. The molecule has 0 spiro atoms. The van der Waals surface area contributed by atoms with Gasteiger partial charge in [0.1, 0.15) is 12.4 Å². The van der Waals surface area contributed by atoms with Crippen LogP contribution in [-0.4, -0.2) is 86.7 Å². The van der Waals surface area contributed by atoms with Crippen LogP contribution in [0.1, 0.15) is 175 Å². The summed E-state index contributed by atoms with van der Waals surface area (Å²) >= 11 is 1.54. The van der Waals surface area contributed by atoms with E-state index in [0.717, 1.165) is 96.5 Å². The Morgan fingerprint density at radius 2 is 1.33 bits per heavy atom. The number of nitrogens with zero attached hydrogens (tertiary/aromatic N) is 1. The van der Waals surface area contributed by atoms with E-state index in [1.54, 1.807) is 0 Å². The van der Waals surface area contributed by atoms with Crippen LogP contribution in [0.4, 0.5) is 0 Å². The van der Waals surface area contributed by atoms with Crippen molar-refractivity contribution in [3.8, 4) is 0 Å². The van der Waals surface area contributed by atoms with E-state index in [1.165, 1.54) is 102 Å². The molecular weight excluding hydrogens is 661 g/mol. The van der Waals surface area contributed by atoms with Gasteiger partial charge in [-0.15, -0.1) is 0 Å². The number of rotatable bonds is 34. The fraction of sp³-hybridized carbons (Fsp3) is 0.929. The third-order valence-corrected chi connectivity index (χ3v) is 10.6. The Labute approximate surface area is 319 Å². The second-order valence-electron chi connectivity index (χ2n) is 14.9. The lowest BCUT2D eigenvalue weighted by molar-refractivity contribution is -0.154. The Kier molecular flexibility index (Phi) is 37.7. The number of carbonyl (C=O) groups is 3. The molecule has 0 aliphatic carbocycles. The summed E-state index contributed by atoms with van der Waals surface area (Å²) in [5.74, 6) is 1.00. The Morgan fingerprint density at radius 1 is 0.784 bits per heavy atom. The van der Waals surface area contributed by atoms with Gasteiger partial charge < -0.3 is 24.7 Å². The van der Waals surface area contributed by atoms with Gasteiger partial charge in [-0.1, -0.05) is 124 Å². The number of morpholine rings is 1. The maximum Gasteiger partial charge on any atom is 0.310 e. The Bertz CT molecular complexity index is 764. The molecular formula is C42H82N2O6S. The van der Waals surface area contributed by atoms with Gasteiger partial charge in [-0.2, -0.15) is 11.8 Å². The van der Waals surface area contributed by atoms with Crippen molar-refractivity contribution in [3.63, 3.8) is 0 Å². The molecule has 2 N–H and O–H groups in total. The number of carbonyl (C=O) groups excluding carboxylic acids is 3. The predicted octanol–water partition coefficient (Wildman–Crippen LogP) is 9.94. The molecule has 1 heterocycles. The third kappa shape index (κ3) is 34.4. The first-order valence-electron chi connectivity index (χ1n) is 21.2. The summed E-state index contributed by atoms with van der Waals surface area (Å²) < 4.78 is 16.6. The van der Waals surface area contributed by atoms with E-state index in [4.69, 9.17) is 19.9 Å². The van der Waals surface area contributed by atoms with Gasteiger partial charge in [0.15, 0.2) is 0 Å². The van der Waals surface area contributed by atoms with Gasteiger partial charge in [-0.05, 0) is 57.5 Å². The van der Waals surface area contributed by atoms with Crippen LogP contribution < -0.4 is 5.73 Å². The van der Waals surface area contributed by atoms with Crippen molar-refractivity contribution in [2.75, 3.05) is 57.5 Å². The van der Waals surface area contributed by atoms with Gasteiger partial charge in [0, 0.05) is 31.0 Å². The van der Waals surface area contributed by atoms with Crippen molar-refractivity contribution in [3.05, 3.63) is 0 Å². The highest BCUT2D eigenvalue weighted by Crippen LogP contribution is 2.21. The molecule has 51 heavy (non-hydrogen) atoms. The molecule has 0 aromatic heterocycles. The van der Waals surface area contributed by atoms with Crippen molar-refractivity contribution in [1.29, 1.82) is 0 Å². The molecule has 1 aliphatic heterocycles. The fourth-order valence-electron chi connectivity index (χ4n) is 6.14. The molecule has 0 saturated carbocycles. The van der Waals surface area contributed by atoms with E-state index in [1.807, 2.05) is 0 Å². The second-order valence-corrected chi connectivity index (χ2v) is 16.0. The molecule has 1 rings (SSSR count). The summed E-state index contributed by atoms with van der Waals surface area (Å²) in [5, 5.41) is 0. The summed E-state index contributed by atoms with van der Waals surface area (Å²) in [7, 11) is 0. The number of hydrogen-bond donors (Lipinski definition) is 1. The van der Waals surface area contributed by atoms with Gasteiger partial charge in [0.2, 0.25) is 0 Å². The molecule has 1 aliphatic rings. The van der Waals surface area contributed by atoms with E-state index < -0.39 is 5.92 Å². The zero-order valence-electron chi connectivity index (χ0n) is 33.8. The van der Waals surface area contributed by atoms with Crippen LogP contribution in [0, 0.1) is 11.8 Å². The Balaban J connectivity index is 0.00000212. The first-order chi connectivity index (χ1) is 24.9. The summed E-state index contributed by atoms with van der Waals surface area (Å²) in [6, 6.07) is 0. The number of unbranched alkanes of at least 4 members (excludes halogenated alkanes) is 14. The molecule has 1 fully saturated rings. The highest BCUT2D eigenvalue weighted by atomic mass is 32.2. The first-order valence-corrected chi connectivity index (χ1v) is 22.4. The van der Waals surface area contributed by atoms with E-state index in [9.17, 15) is 14.4 Å². The number of esters is 2. The highest BCUT2D eigenvalue weighted by Gasteiger charge is 2.23. The number of thioether (sulfide) groups is 1. The minimum absolute atomic E-state index is 0.0517. The SMILES string of the molecule is CCCCCCCCC(CCCCCCCC)OC(=O)C(CC=O)CSCCC(=O)OCCCCCCCC(C)C.NCCCN1CCOCC1. The molecule has 8 nitrogen and oxygen atoms in total. The van der Waals surface area contributed by atoms with Gasteiger partial charge in [0.25, 0.3) is 0 Å². The van der Waals surface area contributed by atoms with Gasteiger partial charge in [-0.3, -0.25) is 14.5 Å². The number of nitrogens with two attached hydrogens (primary N) is 1. The van der Waals surface area contributed by atoms with Crippen LogP contribution in [0.15, 0.2) is 0 Å². The van der Waals surface area contributed by atoms with Crippen LogP contribution in [0.25, 0.3) is 0 Å². The highest BCUT2D eigenvalue weighted by molar-refractivity contribution is 7.99. The van der Waals surface area contributed by atoms with Crippen LogP contribution >= 0.6 is 11.8 Å². The standard InChI is InChI=1S/C35H66O5S.C7H16N2O/c1-5-7-9-11-15-19-23-33(24-20-16-12-10-8-6-2)40-35(38)32(25-27-36)30-41-29-26-34(37)39-28-21-17-13-14-18-22-31(3)4;8-2-1-3-9-4-6-10-7-5-9/h27,31-33H,5-26,28-30H2,1-4H3;1-8H2. The normalized spacial score (nSPS) is 13.9. The van der Waals surface area contributed by atoms with E-state index in [-0.39, 0.29) is 24.5 Å². The van der Waals surface area contributed by atoms with Gasteiger partial charge in [0.05, 0.1) is 32.2 Å². The second kappa shape index (κ2) is 38.6. The molecule has 1 atom stereocenters. The molecule has 9 heteroatoms. The third-order valence-electron chi connectivity index (χ3n) is 9.50. The number of hydrogen-bond acceptors (Lipinski definition) is 9. The number of ether oxygens (including phenoxy) is 3. The van der Waals surface area contributed by atoms with Crippen molar-refractivity contribution in [2.45, 2.75) is 181 Å². The monoisotopic (exact) mass is 743 g/mol. The minimum Gasteiger partial charge on any atom is -0.466 e. The van der Waals surface area contributed by atoms with Gasteiger partial charge >= 0.3 is 11.9 Å². The fourth-order valence-corrected chi connectivity index (χ4v) is 7.17. The number of aldehydes is 1. The van der Waals surface area contributed by atoms with Gasteiger partial charge in [-0.25, -0.2) is 0 Å². The largest absolute Gasteiger partial charge is 0.466 e. The van der Waals surface area contributed by atoms with Crippen LogP contribution in [0.3, 0.4) is 0 Å². The van der Waals surface area contributed by atoms with E-state index >= 15 is 0 Å². The maximum absolute atomic E-state index is 13.0. The van der Waals surface area contributed by atoms with Crippen molar-refractivity contribution < 1.29 is 28.6 Å². The average molecular weight is 743 g/mol. The summed E-state index contributed by atoms with van der Waals surface area (Å²) in [6.07, 6.45) is 25.9. The smallest absolute Gasteiger partial charge is 0.310 e. The van der Waals surface area contributed by atoms with Crippen LogP contribution in [0.5, 0.6) is 0 Å². The van der Waals surface area contributed by atoms with Crippen LogP contribution in [0.2, 0.25) is 0 Å². The molecule has 0 radical (unpaired) electrons. The molecule has 0 aromatic carbocycles. The van der Waals surface area contributed by atoms with Crippen molar-refractivity contribution in [1.82, 2.24) is 4.90 Å². The van der Waals surface area contributed by atoms with Crippen molar-refractivity contribution >= 4 is 30.0 Å². The molecule has 302 valence electrons. The Morgan fingerprint density at radius 3 is 1.88 bits per heavy atom. The van der Waals surface area contributed by atoms with Crippen molar-refractivity contribution in [2.24, 2.45) is 17.6 Å². The van der Waals surface area contributed by atoms with E-state index in [2.05, 4.69) is 32.6 Å². The summed E-state index contributed by atoms with van der Waals surface area (Å²) in [4.78, 5) is 38.8. The molecule has 0 amide bonds. The summed E-state index contributed by atoms with van der Waals surface area (Å²) in [6.45, 7) is 15.4. The zero-order chi connectivity index (χ0) is 37.6. The predicted molar refractivity (Wildman–Crippen MR) is 216 cm³/mol. The topological polar surface area (TPSA) is 108 Å². The molecule has 0 bridgehead atoms. The lowest BCUT2D eigenvalue weighted by atomic mass is 10.0. The lowest BCUT2D eigenvalue weighted by Gasteiger charge is -2.26. The zero-order valence-corrected chi connectivity index (χ0v) is 34.6. The van der Waals surface area contributed by atoms with E-state index in [0.29, 0.717) is 24.5 Å². The summed E-state index contributed by atoms with van der Waals surface area (Å²) in [5.41, 5.74) is 5.39. The van der Waals surface area contributed by atoms with Crippen LogP contribution in [-0.2, 0) is 28.6 Å². The Hall–Kier alpha value is -1.16. The molecule has 0 aromatic rings. The maximum atomic E-state index is 13.0. The average Bonchev–Trinajstić information content (AvgIpc) is 3.13. The lowest BCUT2D eigenvalue weighted by Crippen LogP contribution is -2.37. The minimum atomic E-state index is -0.444. The first kappa shape index (κ1) is 49.8. The molecule has 1 saturated heterocycles.